The Balaban J connectivity index is 2.15. The summed E-state index contributed by atoms with van der Waals surface area (Å²) in [5.74, 6) is -1.11. The maximum absolute atomic E-state index is 15.9. The number of hydrogen-bond donors (Lipinski definition) is 2. The first kappa shape index (κ1) is 100. The summed E-state index contributed by atoms with van der Waals surface area (Å²) in [6, 6.07) is 12.2. The highest BCUT2D eigenvalue weighted by atomic mass is 16.3. The predicted octanol–water partition coefficient (Wildman–Crippen LogP) is 25.5. The minimum absolute atomic E-state index is 0.00927. The Kier molecular flexibility index (Phi) is 47.5. The number of aromatic nitrogens is 2. The van der Waals surface area contributed by atoms with E-state index in [1.165, 1.54) is 13.8 Å². The average molecular weight is 1600 g/mol. The van der Waals surface area contributed by atoms with Gasteiger partial charge in [-0.15, -0.1) is 20.5 Å². The zero-order valence-electron chi connectivity index (χ0n) is 75.5. The lowest BCUT2D eigenvalue weighted by atomic mass is 9.94. The SMILES string of the molecule is [C-]#[N+]c1c(C)c(/N=N/c2c(C(=O)N(CC(CC)CCCC)CC(CC)CCCC)cccc2C(=O)N(CC(CC)CCCC)CC(CC)CCCC)c(O)n(CCn2c(O)c(/N=N/c3c(C(=O)N(CC(CC)CCCC)CC(CC)CCCC)cccc3C(=O)N(CC(CC)CCCC)CC(CC)CCCC)c(C)c(C#N)c2=O)c1=O. The molecule has 8 atom stereocenters. The largest absolute Gasteiger partial charge is 0.493 e. The molecule has 2 aromatic heterocycles. The molecular formula is C96H154N12O8. The van der Waals surface area contributed by atoms with Crippen molar-refractivity contribution < 1.29 is 29.4 Å². The van der Waals surface area contributed by atoms with Crippen molar-refractivity contribution in [2.45, 2.75) is 343 Å². The van der Waals surface area contributed by atoms with Crippen molar-refractivity contribution in [3.05, 3.63) is 107 Å². The van der Waals surface area contributed by atoms with Crippen molar-refractivity contribution in [1.82, 2.24) is 28.7 Å². The van der Waals surface area contributed by atoms with Gasteiger partial charge in [0.2, 0.25) is 11.8 Å². The van der Waals surface area contributed by atoms with Crippen molar-refractivity contribution in [1.29, 1.82) is 5.26 Å². The number of aromatic hydroxyl groups is 2. The van der Waals surface area contributed by atoms with Crippen molar-refractivity contribution in [3.63, 3.8) is 0 Å². The first-order valence-electron chi connectivity index (χ1n) is 45.9. The molecule has 0 saturated heterocycles. The van der Waals surface area contributed by atoms with E-state index in [9.17, 15) is 25.1 Å². The van der Waals surface area contributed by atoms with Crippen LogP contribution in [0.2, 0.25) is 0 Å². The van der Waals surface area contributed by atoms with E-state index < -0.39 is 47.2 Å². The Labute approximate surface area is 700 Å². The molecule has 0 spiro atoms. The number of carbonyl (C=O) groups is 4. The molecule has 0 bridgehead atoms. The van der Waals surface area contributed by atoms with Crippen LogP contribution in [0.25, 0.3) is 4.85 Å². The first-order chi connectivity index (χ1) is 56.0. The number of unbranched alkanes of at least 4 members (excludes halogenated alkanes) is 8. The van der Waals surface area contributed by atoms with E-state index in [1.54, 1.807) is 36.4 Å². The Bertz CT molecular complexity index is 3460. The smallest absolute Gasteiger partial charge is 0.271 e. The van der Waals surface area contributed by atoms with Crippen LogP contribution in [0.4, 0.5) is 28.4 Å². The summed E-state index contributed by atoms with van der Waals surface area (Å²) in [6.07, 6.45) is 30.5. The van der Waals surface area contributed by atoms with Gasteiger partial charge >= 0.3 is 0 Å². The molecule has 0 aliphatic carbocycles. The number of amides is 4. The summed E-state index contributed by atoms with van der Waals surface area (Å²) in [7, 11) is 0. The lowest BCUT2D eigenvalue weighted by Gasteiger charge is -2.32. The van der Waals surface area contributed by atoms with Crippen LogP contribution in [0.1, 0.15) is 374 Å². The van der Waals surface area contributed by atoms with Gasteiger partial charge in [-0.25, -0.2) is 4.85 Å². The summed E-state index contributed by atoms with van der Waals surface area (Å²) in [4.78, 5) is 105. The molecule has 2 N–H and O–H groups in total. The normalized spacial score (nSPS) is 13.8. The minimum Gasteiger partial charge on any atom is -0.493 e. The van der Waals surface area contributed by atoms with Gasteiger partial charge in [-0.2, -0.15) is 5.26 Å². The topological polar surface area (TPSA) is 243 Å². The number of pyridine rings is 2. The fraction of sp³-hybridized carbons (Fsp3) is 0.708. The molecular weight excluding hydrogens is 1450 g/mol. The van der Waals surface area contributed by atoms with Gasteiger partial charge in [-0.3, -0.25) is 37.9 Å². The Morgan fingerprint density at radius 2 is 0.595 bits per heavy atom. The third-order valence-corrected chi connectivity index (χ3v) is 24.9. The summed E-state index contributed by atoms with van der Waals surface area (Å²) in [6.45, 7) is 48.8. The predicted molar refractivity (Wildman–Crippen MR) is 476 cm³/mol. The lowest BCUT2D eigenvalue weighted by molar-refractivity contribution is 0.0670. The standard InChI is InChI=1S/C96H154N12O8/c1-20-36-46-71(28-9)61-103(62-72(29-10)47-37-21-2)89(109)79-54-44-55-80(90(110)104(63-73(30-11)48-38-22-3)64-74(31-12)49-39-23-4)87(79)101-99-85-69(17)83(60-97)93(113)107(95(85)115)58-59-108-94(114)84(98-19)70(18)86(96(108)116)100-102-88-81(91(111)105(65-75(32-13)50-40-24-5)66-76(33-14)51-41-25-6)56-45-57-82(88)92(112)106(67-77(34-15)52-42-26-7)68-78(35-16)53-43-27-8/h44-45,54-57,71-78,115-116H,20-43,46-53,58-59,61-68H2,1-18H3/b101-99+,102-100+. The van der Waals surface area contributed by atoms with Crippen molar-refractivity contribution in [2.75, 3.05) is 52.4 Å². The molecule has 0 aliphatic rings. The monoisotopic (exact) mass is 1600 g/mol. The summed E-state index contributed by atoms with van der Waals surface area (Å²) in [5.41, 5.74) is -2.87. The van der Waals surface area contributed by atoms with Crippen LogP contribution >= 0.6 is 0 Å². The third-order valence-electron chi connectivity index (χ3n) is 24.9. The molecule has 2 aromatic carbocycles. The Morgan fingerprint density at radius 3 is 0.802 bits per heavy atom. The van der Waals surface area contributed by atoms with E-state index in [0.717, 1.165) is 215 Å². The molecule has 20 heteroatoms. The van der Waals surface area contributed by atoms with Crippen LogP contribution in [0.5, 0.6) is 11.8 Å². The molecule has 20 nitrogen and oxygen atoms in total. The molecule has 2 heterocycles. The van der Waals surface area contributed by atoms with Crippen molar-refractivity contribution in [3.8, 4) is 17.8 Å². The third kappa shape index (κ3) is 29.5. The number of nitriles is 1. The second-order valence-electron chi connectivity index (χ2n) is 33.4. The molecule has 8 unspecified atom stereocenters. The van der Waals surface area contributed by atoms with Crippen molar-refractivity contribution >= 4 is 52.1 Å². The number of hydrogen-bond acceptors (Lipinski definition) is 13. The number of rotatable bonds is 59. The van der Waals surface area contributed by atoms with Gasteiger partial charge in [0.15, 0.2) is 5.69 Å². The maximum Gasteiger partial charge on any atom is 0.271 e. The fourth-order valence-corrected chi connectivity index (χ4v) is 16.4. The van der Waals surface area contributed by atoms with Gasteiger partial charge in [-0.05, 0) is 142 Å². The van der Waals surface area contributed by atoms with Gasteiger partial charge in [0.1, 0.15) is 28.7 Å². The van der Waals surface area contributed by atoms with E-state index in [1.807, 2.05) is 25.7 Å². The molecule has 0 aliphatic heterocycles. The lowest BCUT2D eigenvalue weighted by Crippen LogP contribution is -2.40. The van der Waals surface area contributed by atoms with Gasteiger partial charge in [-0.1, -0.05) is 277 Å². The fourth-order valence-electron chi connectivity index (χ4n) is 16.4. The molecule has 646 valence electrons. The second-order valence-corrected chi connectivity index (χ2v) is 33.4. The highest BCUT2D eigenvalue weighted by molar-refractivity contribution is 6.08. The van der Waals surface area contributed by atoms with Crippen LogP contribution in [0.3, 0.4) is 0 Å². The van der Waals surface area contributed by atoms with Crippen LogP contribution < -0.4 is 11.1 Å². The van der Waals surface area contributed by atoms with Gasteiger partial charge < -0.3 is 29.8 Å². The molecule has 0 fully saturated rings. The molecule has 4 rings (SSSR count). The Hall–Kier alpha value is -8.00. The van der Waals surface area contributed by atoms with Crippen LogP contribution in [0, 0.1) is 79.1 Å². The Morgan fingerprint density at radius 1 is 0.379 bits per heavy atom. The quantitative estimate of drug-likeness (QED) is 0.0315. The van der Waals surface area contributed by atoms with Gasteiger partial charge in [0, 0.05) is 71.0 Å². The average Bonchev–Trinajstić information content (AvgIpc) is 0.785. The zero-order chi connectivity index (χ0) is 85.8. The van der Waals surface area contributed by atoms with Crippen molar-refractivity contribution in [2.24, 2.45) is 67.8 Å². The molecule has 0 radical (unpaired) electrons. The number of nitrogens with zero attached hydrogens (tertiary/aromatic N) is 12. The molecule has 0 saturated carbocycles. The molecule has 116 heavy (non-hydrogen) atoms. The summed E-state index contributed by atoms with van der Waals surface area (Å²) in [5, 5.41) is 55.5. The van der Waals surface area contributed by atoms with E-state index in [4.69, 9.17) is 27.0 Å². The van der Waals surface area contributed by atoms with Crippen LogP contribution in [-0.2, 0) is 13.1 Å². The zero-order valence-corrected chi connectivity index (χ0v) is 75.5. The summed E-state index contributed by atoms with van der Waals surface area (Å²) < 4.78 is 1.71. The van der Waals surface area contributed by atoms with E-state index in [0.29, 0.717) is 52.4 Å². The van der Waals surface area contributed by atoms with E-state index >= 15 is 19.2 Å². The van der Waals surface area contributed by atoms with Crippen LogP contribution in [-0.4, -0.2) is 115 Å². The van der Waals surface area contributed by atoms with E-state index in [-0.39, 0.29) is 127 Å². The minimum atomic E-state index is -0.951. The number of benzene rings is 2. The highest BCUT2D eigenvalue weighted by Crippen LogP contribution is 2.41. The summed E-state index contributed by atoms with van der Waals surface area (Å²) >= 11 is 0. The highest BCUT2D eigenvalue weighted by Gasteiger charge is 2.34. The second kappa shape index (κ2) is 54.9. The van der Waals surface area contributed by atoms with Crippen LogP contribution in [0.15, 0.2) is 66.4 Å². The first-order valence-corrected chi connectivity index (χ1v) is 45.9. The maximum atomic E-state index is 15.9. The molecule has 4 amide bonds. The number of azo groups is 2. The van der Waals surface area contributed by atoms with E-state index in [2.05, 4.69) is 116 Å². The molecule has 4 aromatic rings. The van der Waals surface area contributed by atoms with Gasteiger partial charge in [0.05, 0.1) is 28.8 Å². The van der Waals surface area contributed by atoms with Gasteiger partial charge in [0.25, 0.3) is 40.4 Å². The number of carbonyl (C=O) groups excluding carboxylic acids is 4.